The summed E-state index contributed by atoms with van der Waals surface area (Å²) in [6.45, 7) is 1.40. The first-order valence-corrected chi connectivity index (χ1v) is 7.76. The van der Waals surface area contributed by atoms with Crippen LogP contribution in [0.5, 0.6) is 0 Å². The summed E-state index contributed by atoms with van der Waals surface area (Å²) in [5, 5.41) is 9.63. The van der Waals surface area contributed by atoms with Crippen LogP contribution in [0.15, 0.2) is 18.2 Å². The highest BCUT2D eigenvalue weighted by Crippen LogP contribution is 2.35. The number of halogens is 2. The third-order valence-electron chi connectivity index (χ3n) is 4.85. The summed E-state index contributed by atoms with van der Waals surface area (Å²) in [5.74, 6) is -4.33. The van der Waals surface area contributed by atoms with E-state index in [9.17, 15) is 23.5 Å². The molecule has 1 aromatic rings. The van der Waals surface area contributed by atoms with Crippen molar-refractivity contribution in [2.75, 3.05) is 7.05 Å². The fraction of sp³-hybridized carbons (Fsp3) is 0.529. The van der Waals surface area contributed by atoms with Crippen LogP contribution in [0.2, 0.25) is 0 Å². The van der Waals surface area contributed by atoms with Gasteiger partial charge >= 0.3 is 5.97 Å². The maximum atomic E-state index is 13.9. The van der Waals surface area contributed by atoms with Crippen molar-refractivity contribution in [1.82, 2.24) is 4.90 Å². The Hall–Kier alpha value is -1.98. The van der Waals surface area contributed by atoms with Crippen LogP contribution >= 0.6 is 0 Å². The number of hydrogen-bond acceptors (Lipinski definition) is 2. The van der Waals surface area contributed by atoms with Crippen LogP contribution in [-0.2, 0) is 9.59 Å². The number of aliphatic carboxylic acids is 1. The molecule has 1 amide bonds. The second kappa shape index (κ2) is 6.64. The average Bonchev–Trinajstić information content (AvgIpc) is 2.53. The Morgan fingerprint density at radius 3 is 2.17 bits per heavy atom. The van der Waals surface area contributed by atoms with E-state index in [0.29, 0.717) is 25.7 Å². The highest BCUT2D eigenvalue weighted by atomic mass is 19.1. The van der Waals surface area contributed by atoms with E-state index in [1.165, 1.54) is 24.9 Å². The summed E-state index contributed by atoms with van der Waals surface area (Å²) < 4.78 is 27.8. The molecule has 0 bridgehead atoms. The zero-order valence-electron chi connectivity index (χ0n) is 13.3. The number of likely N-dealkylation sites (N-methyl/N-ethyl adjacent to an activating group) is 1. The van der Waals surface area contributed by atoms with E-state index in [1.54, 1.807) is 0 Å². The predicted molar refractivity (Wildman–Crippen MR) is 81.0 cm³/mol. The molecule has 1 aliphatic rings. The number of nitrogens with zero attached hydrogens (tertiary/aromatic N) is 1. The van der Waals surface area contributed by atoms with Crippen molar-refractivity contribution in [3.8, 4) is 0 Å². The summed E-state index contributed by atoms with van der Waals surface area (Å²) in [6, 6.07) is 3.42. The molecule has 1 N–H and O–H groups in total. The van der Waals surface area contributed by atoms with Crippen LogP contribution in [0.25, 0.3) is 0 Å². The number of carboxylic acid groups (broad SMARTS) is 1. The molecule has 0 radical (unpaired) electrons. The van der Waals surface area contributed by atoms with E-state index in [-0.39, 0.29) is 5.56 Å². The van der Waals surface area contributed by atoms with Gasteiger partial charge in [-0.25, -0.2) is 13.6 Å². The fourth-order valence-corrected chi connectivity index (χ4v) is 3.38. The summed E-state index contributed by atoms with van der Waals surface area (Å²) in [5.41, 5.74) is -1.61. The van der Waals surface area contributed by atoms with Crippen molar-refractivity contribution in [1.29, 1.82) is 0 Å². The van der Waals surface area contributed by atoms with Gasteiger partial charge in [-0.3, -0.25) is 4.79 Å². The van der Waals surface area contributed by atoms with Crippen LogP contribution in [0, 0.1) is 11.6 Å². The Morgan fingerprint density at radius 1 is 1.17 bits per heavy atom. The van der Waals surface area contributed by atoms with E-state index in [4.69, 9.17) is 0 Å². The highest BCUT2D eigenvalue weighted by molar-refractivity contribution is 5.90. The van der Waals surface area contributed by atoms with Gasteiger partial charge in [-0.1, -0.05) is 25.3 Å². The van der Waals surface area contributed by atoms with Crippen molar-refractivity contribution in [3.05, 3.63) is 35.4 Å². The lowest BCUT2D eigenvalue weighted by atomic mass is 9.79. The third-order valence-corrected chi connectivity index (χ3v) is 4.85. The van der Waals surface area contributed by atoms with Crippen molar-refractivity contribution >= 4 is 11.9 Å². The van der Waals surface area contributed by atoms with Gasteiger partial charge in [0.1, 0.15) is 17.2 Å². The SMILES string of the molecule is CC(C(=O)N(C)C1(C(=O)O)CCCCC1)c1c(F)cccc1F. The summed E-state index contributed by atoms with van der Waals surface area (Å²) in [4.78, 5) is 25.6. The normalized spacial score (nSPS) is 18.3. The molecule has 1 aliphatic carbocycles. The number of carbonyl (C=O) groups is 2. The molecular weight excluding hydrogens is 304 g/mol. The van der Waals surface area contributed by atoms with E-state index in [2.05, 4.69) is 0 Å². The van der Waals surface area contributed by atoms with Gasteiger partial charge in [-0.05, 0) is 31.9 Å². The van der Waals surface area contributed by atoms with Crippen LogP contribution in [0.1, 0.15) is 50.5 Å². The lowest BCUT2D eigenvalue weighted by Crippen LogP contribution is -2.57. The van der Waals surface area contributed by atoms with Gasteiger partial charge in [-0.15, -0.1) is 0 Å². The molecule has 1 unspecified atom stereocenters. The van der Waals surface area contributed by atoms with Crippen molar-refractivity contribution in [2.45, 2.75) is 50.5 Å². The Balaban J connectivity index is 2.32. The van der Waals surface area contributed by atoms with Gasteiger partial charge < -0.3 is 10.0 Å². The van der Waals surface area contributed by atoms with Crippen LogP contribution in [0.4, 0.5) is 8.78 Å². The quantitative estimate of drug-likeness (QED) is 0.924. The first-order valence-electron chi connectivity index (χ1n) is 7.76. The standard InChI is InChI=1S/C17H21F2NO3/c1-11(14-12(18)7-6-8-13(14)19)15(21)20(2)17(16(22)23)9-4-3-5-10-17/h6-8,11H,3-5,9-10H2,1-2H3,(H,22,23). The average molecular weight is 325 g/mol. The summed E-state index contributed by atoms with van der Waals surface area (Å²) in [6.07, 6.45) is 3.07. The van der Waals surface area contributed by atoms with E-state index < -0.39 is 35.0 Å². The molecule has 0 saturated heterocycles. The van der Waals surface area contributed by atoms with Crippen LogP contribution in [-0.4, -0.2) is 34.5 Å². The third kappa shape index (κ3) is 3.07. The van der Waals surface area contributed by atoms with Gasteiger partial charge in [-0.2, -0.15) is 0 Å². The zero-order valence-corrected chi connectivity index (χ0v) is 13.3. The number of amides is 1. The molecule has 23 heavy (non-hydrogen) atoms. The lowest BCUT2D eigenvalue weighted by Gasteiger charge is -2.42. The molecule has 0 aromatic heterocycles. The highest BCUT2D eigenvalue weighted by Gasteiger charge is 2.46. The number of rotatable bonds is 4. The lowest BCUT2D eigenvalue weighted by molar-refractivity contribution is -0.160. The number of carboxylic acids is 1. The smallest absolute Gasteiger partial charge is 0.329 e. The fourth-order valence-electron chi connectivity index (χ4n) is 3.38. The molecule has 126 valence electrons. The maximum Gasteiger partial charge on any atom is 0.329 e. The maximum absolute atomic E-state index is 13.9. The topological polar surface area (TPSA) is 57.6 Å². The second-order valence-electron chi connectivity index (χ2n) is 6.15. The molecule has 1 saturated carbocycles. The minimum atomic E-state index is -1.29. The molecule has 1 fully saturated rings. The molecule has 4 nitrogen and oxygen atoms in total. The summed E-state index contributed by atoms with van der Waals surface area (Å²) in [7, 11) is 1.41. The van der Waals surface area contributed by atoms with Gasteiger partial charge in [0, 0.05) is 12.6 Å². The number of benzene rings is 1. The van der Waals surface area contributed by atoms with Crippen molar-refractivity contribution < 1.29 is 23.5 Å². The Bertz CT molecular complexity index is 592. The molecule has 0 heterocycles. The summed E-state index contributed by atoms with van der Waals surface area (Å²) >= 11 is 0. The Morgan fingerprint density at radius 2 is 1.70 bits per heavy atom. The number of carbonyl (C=O) groups excluding carboxylic acids is 1. The first kappa shape index (κ1) is 17.4. The van der Waals surface area contributed by atoms with Crippen molar-refractivity contribution in [2.24, 2.45) is 0 Å². The minimum Gasteiger partial charge on any atom is -0.479 e. The molecule has 1 aromatic carbocycles. The van der Waals surface area contributed by atoms with E-state index in [0.717, 1.165) is 18.6 Å². The largest absolute Gasteiger partial charge is 0.479 e. The predicted octanol–water partition coefficient (Wildman–Crippen LogP) is 3.31. The van der Waals surface area contributed by atoms with Crippen LogP contribution in [0.3, 0.4) is 0 Å². The molecule has 0 aliphatic heterocycles. The van der Waals surface area contributed by atoms with E-state index >= 15 is 0 Å². The molecule has 0 spiro atoms. The molecular formula is C17H21F2NO3. The molecule has 2 rings (SSSR count). The Labute approximate surface area is 134 Å². The monoisotopic (exact) mass is 325 g/mol. The van der Waals surface area contributed by atoms with Gasteiger partial charge in [0.15, 0.2) is 0 Å². The Kier molecular flexibility index (Phi) is 5.02. The van der Waals surface area contributed by atoms with Crippen molar-refractivity contribution in [3.63, 3.8) is 0 Å². The van der Waals surface area contributed by atoms with Gasteiger partial charge in [0.05, 0.1) is 5.92 Å². The molecule has 6 heteroatoms. The minimum absolute atomic E-state index is 0.319. The van der Waals surface area contributed by atoms with Gasteiger partial charge in [0.2, 0.25) is 5.91 Å². The second-order valence-corrected chi connectivity index (χ2v) is 6.15. The van der Waals surface area contributed by atoms with E-state index in [1.807, 2.05) is 0 Å². The molecule has 1 atom stereocenters. The zero-order chi connectivity index (χ0) is 17.2. The number of hydrogen-bond donors (Lipinski definition) is 1. The van der Waals surface area contributed by atoms with Crippen LogP contribution < -0.4 is 0 Å². The van der Waals surface area contributed by atoms with Gasteiger partial charge in [0.25, 0.3) is 0 Å². The first-order chi connectivity index (χ1) is 10.8.